The van der Waals surface area contributed by atoms with Crippen molar-refractivity contribution in [3.63, 3.8) is 0 Å². The van der Waals surface area contributed by atoms with E-state index in [9.17, 15) is 0 Å². The van der Waals surface area contributed by atoms with Gasteiger partial charge in [-0.05, 0) is 47.7 Å². The maximum atomic E-state index is 2.23. The van der Waals surface area contributed by atoms with E-state index in [2.05, 4.69) is 182 Å². The third-order valence-electron chi connectivity index (χ3n) is 6.09. The summed E-state index contributed by atoms with van der Waals surface area (Å²) in [5.74, 6) is 0. The predicted octanol–water partition coefficient (Wildman–Crippen LogP) is -1.99. The zero-order valence-corrected chi connectivity index (χ0v) is 31.3. The molecule has 0 amide bonds. The molecule has 0 aliphatic rings. The van der Waals surface area contributed by atoms with Crippen molar-refractivity contribution in [2.45, 2.75) is 0 Å². The van der Waals surface area contributed by atoms with Crippen molar-refractivity contribution in [1.82, 2.24) is 0 Å². The van der Waals surface area contributed by atoms with E-state index >= 15 is 0 Å². The molecule has 0 aromatic heterocycles. The average molecular weight is 742 g/mol. The van der Waals surface area contributed by atoms with Gasteiger partial charge in [-0.1, -0.05) is 182 Å². The van der Waals surface area contributed by atoms with Gasteiger partial charge in [0.05, 0.1) is 0 Å². The summed E-state index contributed by atoms with van der Waals surface area (Å²) in [5, 5.41) is 8.39. The second kappa shape index (κ2) is 21.7. The molecule has 0 nitrogen and oxygen atoms in total. The zero-order chi connectivity index (χ0) is 25.8. The van der Waals surface area contributed by atoms with Crippen molar-refractivity contribution >= 4 is 47.7 Å². The Labute approximate surface area is 323 Å². The maximum Gasteiger partial charge on any atom is 2.00 e. The van der Waals surface area contributed by atoms with Crippen LogP contribution in [0, 0.1) is 0 Å². The summed E-state index contributed by atoms with van der Waals surface area (Å²) in [5.41, 5.74) is 0. The molecule has 6 aromatic rings. The minimum Gasteiger partial charge on any atom is -1.00 e. The zero-order valence-electron chi connectivity index (χ0n) is 24.3. The van der Waals surface area contributed by atoms with Crippen LogP contribution in [0.25, 0.3) is 0 Å². The molecule has 210 valence electrons. The van der Waals surface area contributed by atoms with Gasteiger partial charge in [0.2, 0.25) is 0 Å². The van der Waals surface area contributed by atoms with E-state index in [-0.39, 0.29) is 98.0 Å². The van der Waals surface area contributed by atoms with Crippen molar-refractivity contribution in [3.05, 3.63) is 182 Å². The molecule has 42 heavy (non-hydrogen) atoms. The van der Waals surface area contributed by atoms with Gasteiger partial charge in [0, 0.05) is 0 Å². The van der Waals surface area contributed by atoms with E-state index in [1.807, 2.05) is 0 Å². The predicted molar refractivity (Wildman–Crippen MR) is 171 cm³/mol. The minimum atomic E-state index is -0.446. The molecule has 0 saturated carbocycles. The van der Waals surface area contributed by atoms with Gasteiger partial charge in [0.1, 0.15) is 0 Å². The van der Waals surface area contributed by atoms with Crippen LogP contribution < -0.4 is 108 Å². The molecule has 6 heteroatoms. The Balaban J connectivity index is 0.000000735. The van der Waals surface area contributed by atoms with Crippen LogP contribution in [-0.2, 0) is 20.4 Å². The van der Waals surface area contributed by atoms with E-state index in [4.69, 9.17) is 0 Å². The average Bonchev–Trinajstić information content (AvgIpc) is 3.01. The standard InChI is InChI=1S/2C18H15P.2ClH.K.Pd.H/c2*1-4-10-16(11-5-1)19(17-12-6-2-7-13-17)18-14-8-3-9-15-18;;;;;/h2*1-15H;2*1H;;;/q;;;;+1;+2;-1/p-2. The number of benzene rings is 6. The molecule has 0 N–H and O–H groups in total. The minimum absolute atomic E-state index is 0. The molecule has 0 aliphatic heterocycles. The van der Waals surface area contributed by atoms with Gasteiger partial charge in [-0.2, -0.15) is 0 Å². The van der Waals surface area contributed by atoms with Crippen LogP contribution in [-0.4, -0.2) is 0 Å². The molecule has 6 aromatic carbocycles. The van der Waals surface area contributed by atoms with Crippen LogP contribution >= 0.6 is 15.8 Å². The first kappa shape index (κ1) is 39.1. The molecule has 0 radical (unpaired) electrons. The normalized spacial score (nSPS) is 9.57. The van der Waals surface area contributed by atoms with Crippen molar-refractivity contribution in [2.75, 3.05) is 0 Å². The second-order valence-electron chi connectivity index (χ2n) is 8.68. The topological polar surface area (TPSA) is 0 Å². The first-order valence-electron chi connectivity index (χ1n) is 12.8. The summed E-state index contributed by atoms with van der Waals surface area (Å²) in [6, 6.07) is 64.7. The molecule has 0 atom stereocenters. The third kappa shape index (κ3) is 11.2. The van der Waals surface area contributed by atoms with Gasteiger partial charge in [-0.3, -0.25) is 0 Å². The number of hydrogen-bond donors (Lipinski definition) is 0. The Morgan fingerprint density at radius 3 is 0.500 bits per heavy atom. The monoisotopic (exact) mass is 740 g/mol. The molecule has 0 saturated heterocycles. The molecule has 0 heterocycles. The number of rotatable bonds is 6. The molecule has 0 unspecified atom stereocenters. The quantitative estimate of drug-likeness (QED) is 0.137. The summed E-state index contributed by atoms with van der Waals surface area (Å²) in [4.78, 5) is 0. The number of halogens is 2. The second-order valence-corrected chi connectivity index (χ2v) is 13.1. The van der Waals surface area contributed by atoms with Gasteiger partial charge in [-0.25, -0.2) is 0 Å². The molecular formula is C36H31Cl2KP2Pd. The SMILES string of the molecule is [Cl-].[Cl-].[H-].[K+].[Pd+2].c1ccc(P(c2ccccc2)c2ccccc2)cc1.c1ccc(P(c2ccccc2)c2ccccc2)cc1. The molecule has 0 aliphatic carbocycles. The molecule has 0 spiro atoms. The Morgan fingerprint density at radius 1 is 0.262 bits per heavy atom. The summed E-state index contributed by atoms with van der Waals surface area (Å²) in [7, 11) is -0.892. The largest absolute Gasteiger partial charge is 2.00 e. The van der Waals surface area contributed by atoms with E-state index < -0.39 is 15.8 Å². The van der Waals surface area contributed by atoms with Crippen molar-refractivity contribution < 1.29 is 98.0 Å². The molecular weight excluding hydrogens is 711 g/mol. The van der Waals surface area contributed by atoms with Crippen LogP contribution in [0.4, 0.5) is 0 Å². The molecule has 6 rings (SSSR count). The van der Waals surface area contributed by atoms with Crippen molar-refractivity contribution in [1.29, 1.82) is 0 Å². The maximum absolute atomic E-state index is 2.23. The summed E-state index contributed by atoms with van der Waals surface area (Å²) in [6.45, 7) is 0. The van der Waals surface area contributed by atoms with Crippen molar-refractivity contribution in [2.24, 2.45) is 0 Å². The first-order chi connectivity index (χ1) is 18.9. The third-order valence-corrected chi connectivity index (χ3v) is 11.0. The Bertz CT molecular complexity index is 1200. The molecule has 0 fully saturated rings. The van der Waals surface area contributed by atoms with Crippen LogP contribution in [0.1, 0.15) is 1.43 Å². The van der Waals surface area contributed by atoms with E-state index in [1.165, 1.54) is 31.8 Å². The number of hydrogen-bond acceptors (Lipinski definition) is 0. The van der Waals surface area contributed by atoms with Crippen molar-refractivity contribution in [3.8, 4) is 0 Å². The van der Waals surface area contributed by atoms with Gasteiger partial charge in [0.25, 0.3) is 0 Å². The van der Waals surface area contributed by atoms with Gasteiger partial charge in [0.15, 0.2) is 0 Å². The van der Waals surface area contributed by atoms with E-state index in [0.717, 1.165) is 0 Å². The Hall–Kier alpha value is -0.941. The van der Waals surface area contributed by atoms with Gasteiger partial charge >= 0.3 is 71.8 Å². The molecule has 0 bridgehead atoms. The Kier molecular flexibility index (Phi) is 20.2. The van der Waals surface area contributed by atoms with Gasteiger partial charge in [-0.15, -0.1) is 0 Å². The van der Waals surface area contributed by atoms with E-state index in [1.54, 1.807) is 0 Å². The summed E-state index contributed by atoms with van der Waals surface area (Å²) >= 11 is 0. The Morgan fingerprint density at radius 2 is 0.381 bits per heavy atom. The van der Waals surface area contributed by atoms with Gasteiger partial charge < -0.3 is 26.2 Å². The van der Waals surface area contributed by atoms with Crippen LogP contribution in [0.3, 0.4) is 0 Å². The first-order valence-corrected chi connectivity index (χ1v) is 15.5. The van der Waals surface area contributed by atoms with Crippen LogP contribution in [0.5, 0.6) is 0 Å². The van der Waals surface area contributed by atoms with Crippen LogP contribution in [0.15, 0.2) is 182 Å². The summed E-state index contributed by atoms with van der Waals surface area (Å²) in [6.07, 6.45) is 0. The fourth-order valence-corrected chi connectivity index (χ4v) is 8.97. The fourth-order valence-electron chi connectivity index (χ4n) is 4.36. The fraction of sp³-hybridized carbons (Fsp3) is 0. The smallest absolute Gasteiger partial charge is 1.00 e. The summed E-state index contributed by atoms with van der Waals surface area (Å²) < 4.78 is 0. The van der Waals surface area contributed by atoms with Crippen LogP contribution in [0.2, 0.25) is 0 Å². The van der Waals surface area contributed by atoms with E-state index in [0.29, 0.717) is 0 Å².